The van der Waals surface area contributed by atoms with Crippen LogP contribution >= 0.6 is 0 Å². The third-order valence-electron chi connectivity index (χ3n) is 2.61. The Morgan fingerprint density at radius 2 is 2.10 bits per heavy atom. The van der Waals surface area contributed by atoms with Gasteiger partial charge >= 0.3 is 5.97 Å². The SMILES string of the molecule is CCOC(=O)C(OCC)Oc1ccc2ncccc2c1. The summed E-state index contributed by atoms with van der Waals surface area (Å²) in [5, 5.41) is 0.934. The molecule has 1 atom stereocenters. The number of rotatable bonds is 6. The van der Waals surface area contributed by atoms with Crippen molar-refractivity contribution in [2.45, 2.75) is 20.1 Å². The number of aromatic nitrogens is 1. The monoisotopic (exact) mass is 275 g/mol. The minimum Gasteiger partial charge on any atom is -0.461 e. The van der Waals surface area contributed by atoms with Gasteiger partial charge in [-0.15, -0.1) is 0 Å². The second-order valence-corrected chi connectivity index (χ2v) is 4.02. The molecule has 0 aliphatic rings. The molecule has 0 saturated heterocycles. The highest BCUT2D eigenvalue weighted by molar-refractivity contribution is 5.80. The molecule has 0 aliphatic carbocycles. The second-order valence-electron chi connectivity index (χ2n) is 4.02. The van der Waals surface area contributed by atoms with Crippen molar-refractivity contribution in [3.8, 4) is 5.75 Å². The normalized spacial score (nSPS) is 12.1. The number of pyridine rings is 1. The highest BCUT2D eigenvalue weighted by Crippen LogP contribution is 2.20. The average Bonchev–Trinajstić information content (AvgIpc) is 2.47. The topological polar surface area (TPSA) is 57.7 Å². The first-order valence-electron chi connectivity index (χ1n) is 6.54. The summed E-state index contributed by atoms with van der Waals surface area (Å²) in [6, 6.07) is 9.17. The summed E-state index contributed by atoms with van der Waals surface area (Å²) in [6.07, 6.45) is 0.680. The van der Waals surface area contributed by atoms with Crippen LogP contribution in [0.3, 0.4) is 0 Å². The van der Waals surface area contributed by atoms with Crippen LogP contribution in [0.5, 0.6) is 5.75 Å². The van der Waals surface area contributed by atoms with Crippen LogP contribution in [0.2, 0.25) is 0 Å². The van der Waals surface area contributed by atoms with Crippen LogP contribution in [0.15, 0.2) is 36.5 Å². The fourth-order valence-corrected chi connectivity index (χ4v) is 1.76. The Bertz CT molecular complexity index is 585. The molecule has 0 saturated carbocycles. The van der Waals surface area contributed by atoms with Gasteiger partial charge in [0.2, 0.25) is 0 Å². The van der Waals surface area contributed by atoms with Crippen LogP contribution in [0.25, 0.3) is 10.9 Å². The van der Waals surface area contributed by atoms with Gasteiger partial charge in [0.15, 0.2) is 0 Å². The van der Waals surface area contributed by atoms with E-state index in [4.69, 9.17) is 14.2 Å². The molecule has 5 nitrogen and oxygen atoms in total. The van der Waals surface area contributed by atoms with Gasteiger partial charge in [0.05, 0.1) is 12.1 Å². The van der Waals surface area contributed by atoms with E-state index in [-0.39, 0.29) is 6.61 Å². The molecule has 1 aromatic carbocycles. The summed E-state index contributed by atoms with van der Waals surface area (Å²) in [7, 11) is 0. The van der Waals surface area contributed by atoms with E-state index in [1.807, 2.05) is 24.3 Å². The van der Waals surface area contributed by atoms with Crippen molar-refractivity contribution in [1.29, 1.82) is 0 Å². The number of carbonyl (C=O) groups excluding carboxylic acids is 1. The van der Waals surface area contributed by atoms with Crippen LogP contribution in [0.1, 0.15) is 13.8 Å². The molecule has 0 spiro atoms. The first kappa shape index (κ1) is 14.3. The molecule has 1 aromatic heterocycles. The molecule has 1 heterocycles. The number of carbonyl (C=O) groups is 1. The van der Waals surface area contributed by atoms with Crippen molar-refractivity contribution < 1.29 is 19.0 Å². The number of hydrogen-bond acceptors (Lipinski definition) is 5. The molecule has 0 N–H and O–H groups in total. The van der Waals surface area contributed by atoms with Gasteiger partial charge in [-0.2, -0.15) is 0 Å². The van der Waals surface area contributed by atoms with E-state index in [9.17, 15) is 4.79 Å². The predicted molar refractivity (Wildman–Crippen MR) is 74.4 cm³/mol. The largest absolute Gasteiger partial charge is 0.461 e. The van der Waals surface area contributed by atoms with E-state index in [0.29, 0.717) is 12.4 Å². The van der Waals surface area contributed by atoms with Crippen molar-refractivity contribution in [3.63, 3.8) is 0 Å². The highest BCUT2D eigenvalue weighted by atomic mass is 16.7. The molecule has 0 amide bonds. The standard InChI is InChI=1S/C15H17NO4/c1-3-18-14(17)15(19-4-2)20-12-7-8-13-11(10-12)6-5-9-16-13/h5-10,15H,3-4H2,1-2H3. The van der Waals surface area contributed by atoms with Crippen molar-refractivity contribution in [2.75, 3.05) is 13.2 Å². The summed E-state index contributed by atoms with van der Waals surface area (Å²) in [5.41, 5.74) is 0.865. The Labute approximate surface area is 117 Å². The zero-order valence-corrected chi connectivity index (χ0v) is 11.5. The van der Waals surface area contributed by atoms with Gasteiger partial charge in [0.1, 0.15) is 5.75 Å². The summed E-state index contributed by atoms with van der Waals surface area (Å²) in [4.78, 5) is 15.9. The lowest BCUT2D eigenvalue weighted by atomic mass is 10.2. The smallest absolute Gasteiger partial charge is 0.376 e. The molecule has 2 aromatic rings. The van der Waals surface area contributed by atoms with Crippen molar-refractivity contribution >= 4 is 16.9 Å². The Kier molecular flexibility index (Phi) is 4.90. The molecule has 0 aliphatic heterocycles. The number of benzene rings is 1. The lowest BCUT2D eigenvalue weighted by molar-refractivity contribution is -0.176. The minimum absolute atomic E-state index is 0.285. The Hall–Kier alpha value is -2.14. The molecule has 0 radical (unpaired) electrons. The van der Waals surface area contributed by atoms with Gasteiger partial charge in [-0.25, -0.2) is 4.79 Å². The number of fused-ring (bicyclic) bond motifs is 1. The van der Waals surface area contributed by atoms with E-state index in [1.165, 1.54) is 0 Å². The molecule has 0 bridgehead atoms. The first-order chi connectivity index (χ1) is 9.74. The maximum absolute atomic E-state index is 11.7. The first-order valence-corrected chi connectivity index (χ1v) is 6.54. The fraction of sp³-hybridized carbons (Fsp3) is 0.333. The van der Waals surface area contributed by atoms with Crippen LogP contribution in [0.4, 0.5) is 0 Å². The quantitative estimate of drug-likeness (QED) is 0.599. The zero-order valence-electron chi connectivity index (χ0n) is 11.5. The minimum atomic E-state index is -1.05. The lowest BCUT2D eigenvalue weighted by Gasteiger charge is -2.17. The maximum Gasteiger partial charge on any atom is 0.376 e. The van der Waals surface area contributed by atoms with Gasteiger partial charge in [0, 0.05) is 18.2 Å². The molecule has 0 fully saturated rings. The van der Waals surface area contributed by atoms with Gasteiger partial charge in [-0.05, 0) is 38.1 Å². The number of hydrogen-bond donors (Lipinski definition) is 0. The number of nitrogens with zero attached hydrogens (tertiary/aromatic N) is 1. The van der Waals surface area contributed by atoms with Crippen molar-refractivity contribution in [2.24, 2.45) is 0 Å². The van der Waals surface area contributed by atoms with Gasteiger partial charge in [-0.1, -0.05) is 6.07 Å². The third-order valence-corrected chi connectivity index (χ3v) is 2.61. The third kappa shape index (κ3) is 3.45. The van der Waals surface area contributed by atoms with Gasteiger partial charge in [-0.3, -0.25) is 4.98 Å². The number of ether oxygens (including phenoxy) is 3. The fourth-order valence-electron chi connectivity index (χ4n) is 1.76. The summed E-state index contributed by atoms with van der Waals surface area (Å²) >= 11 is 0. The van der Waals surface area contributed by atoms with Gasteiger partial charge < -0.3 is 14.2 Å². The van der Waals surface area contributed by atoms with Crippen LogP contribution in [-0.2, 0) is 14.3 Å². The molecule has 20 heavy (non-hydrogen) atoms. The highest BCUT2D eigenvalue weighted by Gasteiger charge is 2.22. The van der Waals surface area contributed by atoms with E-state index in [2.05, 4.69) is 4.98 Å². The maximum atomic E-state index is 11.7. The van der Waals surface area contributed by atoms with E-state index in [1.54, 1.807) is 26.1 Å². The Morgan fingerprint density at radius 3 is 2.85 bits per heavy atom. The second kappa shape index (κ2) is 6.86. The predicted octanol–water partition coefficient (Wildman–Crippen LogP) is 2.54. The Morgan fingerprint density at radius 1 is 1.25 bits per heavy atom. The average molecular weight is 275 g/mol. The van der Waals surface area contributed by atoms with Crippen LogP contribution in [-0.4, -0.2) is 30.5 Å². The van der Waals surface area contributed by atoms with E-state index < -0.39 is 12.3 Å². The lowest BCUT2D eigenvalue weighted by Crippen LogP contribution is -2.32. The molecule has 1 unspecified atom stereocenters. The van der Waals surface area contributed by atoms with E-state index >= 15 is 0 Å². The molecular formula is C15H17NO4. The summed E-state index contributed by atoms with van der Waals surface area (Å²) in [5.74, 6) is 0.0117. The zero-order chi connectivity index (χ0) is 14.4. The van der Waals surface area contributed by atoms with Crippen LogP contribution < -0.4 is 4.74 Å². The molecule has 106 valence electrons. The number of esters is 1. The summed E-state index contributed by atoms with van der Waals surface area (Å²) < 4.78 is 15.7. The van der Waals surface area contributed by atoms with Crippen LogP contribution in [0, 0.1) is 0 Å². The molecule has 2 rings (SSSR count). The Balaban J connectivity index is 2.17. The molecular weight excluding hydrogens is 258 g/mol. The molecule has 5 heteroatoms. The summed E-state index contributed by atoms with van der Waals surface area (Å²) in [6.45, 7) is 4.18. The van der Waals surface area contributed by atoms with E-state index in [0.717, 1.165) is 10.9 Å². The van der Waals surface area contributed by atoms with Crippen molar-refractivity contribution in [3.05, 3.63) is 36.5 Å². The van der Waals surface area contributed by atoms with Gasteiger partial charge in [0.25, 0.3) is 6.29 Å². The van der Waals surface area contributed by atoms with Crippen molar-refractivity contribution in [1.82, 2.24) is 4.98 Å².